The molecule has 0 radical (unpaired) electrons. The van der Waals surface area contributed by atoms with E-state index in [9.17, 15) is 14.4 Å². The van der Waals surface area contributed by atoms with Crippen molar-refractivity contribution in [2.75, 3.05) is 13.3 Å². The molecule has 2 aliphatic heterocycles. The lowest BCUT2D eigenvalue weighted by Crippen LogP contribution is -2.33. The van der Waals surface area contributed by atoms with Crippen LogP contribution in [0.4, 0.5) is 4.79 Å². The Morgan fingerprint density at radius 1 is 1.15 bits per heavy atom. The fraction of sp³-hybridized carbons (Fsp3) is 0.105. The molecule has 1 fully saturated rings. The molecule has 2 amide bonds. The van der Waals surface area contributed by atoms with Crippen molar-refractivity contribution in [1.29, 1.82) is 0 Å². The van der Waals surface area contributed by atoms with E-state index in [-0.39, 0.29) is 24.0 Å². The van der Waals surface area contributed by atoms with Gasteiger partial charge in [-0.2, -0.15) is 0 Å². The van der Waals surface area contributed by atoms with Gasteiger partial charge in [0.05, 0.1) is 11.4 Å². The molecule has 0 N–H and O–H groups in total. The van der Waals surface area contributed by atoms with Gasteiger partial charge in [-0.05, 0) is 35.5 Å². The molecule has 8 heteroatoms. The van der Waals surface area contributed by atoms with Crippen LogP contribution in [0.15, 0.2) is 51.8 Å². The Labute approximate surface area is 167 Å². The minimum atomic E-state index is -0.487. The first kappa shape index (κ1) is 17.8. The van der Waals surface area contributed by atoms with Crippen LogP contribution < -0.4 is 9.47 Å². The number of ketones is 1. The van der Waals surface area contributed by atoms with E-state index in [2.05, 4.69) is 15.9 Å². The number of imide groups is 1. The van der Waals surface area contributed by atoms with Crippen molar-refractivity contribution in [1.82, 2.24) is 4.90 Å². The molecule has 0 aromatic heterocycles. The second kappa shape index (κ2) is 7.21. The summed E-state index contributed by atoms with van der Waals surface area (Å²) in [5.74, 6) is 0.408. The van der Waals surface area contributed by atoms with Crippen LogP contribution in [0.3, 0.4) is 0 Å². The number of hydrogen-bond acceptors (Lipinski definition) is 6. The average Bonchev–Trinajstić information content (AvgIpc) is 3.22. The maximum Gasteiger partial charge on any atom is 0.293 e. The number of carbonyl (C=O) groups excluding carboxylic acids is 3. The van der Waals surface area contributed by atoms with Crippen LogP contribution in [-0.4, -0.2) is 35.2 Å². The van der Waals surface area contributed by atoms with E-state index in [4.69, 9.17) is 9.47 Å². The van der Waals surface area contributed by atoms with Crippen LogP contribution in [0, 0.1) is 0 Å². The summed E-state index contributed by atoms with van der Waals surface area (Å²) in [6, 6.07) is 12.0. The summed E-state index contributed by atoms with van der Waals surface area (Å²) in [7, 11) is 0. The highest BCUT2D eigenvalue weighted by atomic mass is 79.9. The number of halogens is 1. The number of thioether (sulfide) groups is 1. The van der Waals surface area contributed by atoms with E-state index in [1.165, 1.54) is 0 Å². The van der Waals surface area contributed by atoms with Gasteiger partial charge in [-0.15, -0.1) is 0 Å². The smallest absolute Gasteiger partial charge is 0.293 e. The Morgan fingerprint density at radius 3 is 2.59 bits per heavy atom. The predicted octanol–water partition coefficient (Wildman–Crippen LogP) is 4.10. The van der Waals surface area contributed by atoms with Crippen molar-refractivity contribution in [3.05, 3.63) is 63.0 Å². The summed E-state index contributed by atoms with van der Waals surface area (Å²) in [6.45, 7) is -0.141. The third kappa shape index (κ3) is 3.50. The zero-order chi connectivity index (χ0) is 19.0. The minimum absolute atomic E-state index is 0.142. The summed E-state index contributed by atoms with van der Waals surface area (Å²) < 4.78 is 11.4. The standard InChI is InChI=1S/C19H12BrNO5S/c20-13-8-16-15(25-10-26-16)6-12(13)7-17-18(23)21(19(24)27-17)9-14(22)11-4-2-1-3-5-11/h1-8H,9-10H2. The normalized spacial score (nSPS) is 17.1. The van der Waals surface area contributed by atoms with Crippen LogP contribution in [0.2, 0.25) is 0 Å². The monoisotopic (exact) mass is 445 g/mol. The summed E-state index contributed by atoms with van der Waals surface area (Å²) >= 11 is 4.23. The fourth-order valence-corrected chi connectivity index (χ4v) is 3.95. The molecule has 0 bridgehead atoms. The second-order valence-electron chi connectivity index (χ2n) is 5.78. The van der Waals surface area contributed by atoms with E-state index in [1.54, 1.807) is 48.5 Å². The summed E-state index contributed by atoms with van der Waals surface area (Å²) in [6.07, 6.45) is 1.60. The number of benzene rings is 2. The number of amides is 2. The van der Waals surface area contributed by atoms with Crippen LogP contribution in [0.1, 0.15) is 15.9 Å². The topological polar surface area (TPSA) is 72.9 Å². The summed E-state index contributed by atoms with van der Waals surface area (Å²) in [4.78, 5) is 38.4. The number of ether oxygens (including phenoxy) is 2. The highest BCUT2D eigenvalue weighted by Crippen LogP contribution is 2.39. The van der Waals surface area contributed by atoms with Crippen molar-refractivity contribution >= 4 is 50.7 Å². The first-order valence-electron chi connectivity index (χ1n) is 7.95. The Kier molecular flexibility index (Phi) is 4.75. The number of carbonyl (C=O) groups is 3. The molecular weight excluding hydrogens is 434 g/mol. The molecule has 1 saturated heterocycles. The second-order valence-corrected chi connectivity index (χ2v) is 7.63. The molecule has 2 aromatic rings. The molecule has 2 aromatic carbocycles. The molecule has 0 saturated carbocycles. The Bertz CT molecular complexity index is 989. The molecule has 0 aliphatic carbocycles. The Balaban J connectivity index is 1.56. The molecule has 2 aliphatic rings. The number of fused-ring (bicyclic) bond motifs is 1. The van der Waals surface area contributed by atoms with Gasteiger partial charge in [-0.3, -0.25) is 19.3 Å². The lowest BCUT2D eigenvalue weighted by Gasteiger charge is -2.11. The summed E-state index contributed by atoms with van der Waals surface area (Å²) in [5, 5.41) is -0.465. The lowest BCUT2D eigenvalue weighted by molar-refractivity contribution is -0.122. The number of rotatable bonds is 4. The van der Waals surface area contributed by atoms with Crippen LogP contribution >= 0.6 is 27.7 Å². The molecule has 0 atom stereocenters. The zero-order valence-electron chi connectivity index (χ0n) is 13.8. The van der Waals surface area contributed by atoms with Crippen molar-refractivity contribution in [3.8, 4) is 11.5 Å². The minimum Gasteiger partial charge on any atom is -0.454 e. The van der Waals surface area contributed by atoms with Gasteiger partial charge in [0.2, 0.25) is 6.79 Å². The molecular formula is C19H12BrNO5S. The molecule has 27 heavy (non-hydrogen) atoms. The van der Waals surface area contributed by atoms with Crippen LogP contribution in [-0.2, 0) is 4.79 Å². The Morgan fingerprint density at radius 2 is 1.85 bits per heavy atom. The highest BCUT2D eigenvalue weighted by molar-refractivity contribution is 9.10. The van der Waals surface area contributed by atoms with Crippen LogP contribution in [0.25, 0.3) is 6.08 Å². The van der Waals surface area contributed by atoms with Gasteiger partial charge in [-0.1, -0.05) is 46.3 Å². The number of Topliss-reactive ketones (excluding diaryl/α,β-unsaturated/α-hetero) is 1. The predicted molar refractivity (Wildman–Crippen MR) is 104 cm³/mol. The van der Waals surface area contributed by atoms with E-state index in [1.807, 2.05) is 0 Å². The molecule has 4 rings (SSSR count). The third-order valence-corrected chi connectivity index (χ3v) is 5.64. The van der Waals surface area contributed by atoms with E-state index in [0.717, 1.165) is 16.7 Å². The van der Waals surface area contributed by atoms with Gasteiger partial charge >= 0.3 is 0 Å². The van der Waals surface area contributed by atoms with Gasteiger partial charge < -0.3 is 9.47 Å². The van der Waals surface area contributed by atoms with E-state index < -0.39 is 11.1 Å². The van der Waals surface area contributed by atoms with Gasteiger partial charge in [-0.25, -0.2) is 0 Å². The molecule has 0 unspecified atom stereocenters. The van der Waals surface area contributed by atoms with Crippen molar-refractivity contribution < 1.29 is 23.9 Å². The average molecular weight is 446 g/mol. The molecule has 6 nitrogen and oxygen atoms in total. The number of nitrogens with zero attached hydrogens (tertiary/aromatic N) is 1. The van der Waals surface area contributed by atoms with Crippen molar-refractivity contribution in [2.24, 2.45) is 0 Å². The Hall–Kier alpha value is -2.58. The van der Waals surface area contributed by atoms with Gasteiger partial charge in [0.1, 0.15) is 0 Å². The molecule has 136 valence electrons. The maximum atomic E-state index is 12.6. The van der Waals surface area contributed by atoms with Gasteiger partial charge in [0, 0.05) is 10.0 Å². The fourth-order valence-electron chi connectivity index (χ4n) is 2.68. The summed E-state index contributed by atoms with van der Waals surface area (Å²) in [5.41, 5.74) is 1.14. The van der Waals surface area contributed by atoms with Gasteiger partial charge in [0.15, 0.2) is 17.3 Å². The van der Waals surface area contributed by atoms with E-state index >= 15 is 0 Å². The molecule has 0 spiro atoms. The third-order valence-electron chi connectivity index (χ3n) is 4.05. The number of hydrogen-bond donors (Lipinski definition) is 0. The van der Waals surface area contributed by atoms with Crippen molar-refractivity contribution in [2.45, 2.75) is 0 Å². The van der Waals surface area contributed by atoms with Gasteiger partial charge in [0.25, 0.3) is 11.1 Å². The quantitative estimate of drug-likeness (QED) is 0.520. The SMILES string of the molecule is O=C(CN1C(=O)SC(=Cc2cc3c(cc2Br)OCO3)C1=O)c1ccccc1. The largest absolute Gasteiger partial charge is 0.454 e. The first-order valence-corrected chi connectivity index (χ1v) is 9.56. The maximum absolute atomic E-state index is 12.6. The zero-order valence-corrected chi connectivity index (χ0v) is 16.2. The molecule has 2 heterocycles. The highest BCUT2D eigenvalue weighted by Gasteiger charge is 2.36. The lowest BCUT2D eigenvalue weighted by atomic mass is 10.1. The van der Waals surface area contributed by atoms with E-state index in [0.29, 0.717) is 27.1 Å². The van der Waals surface area contributed by atoms with Crippen molar-refractivity contribution in [3.63, 3.8) is 0 Å². The first-order chi connectivity index (χ1) is 13.0. The van der Waals surface area contributed by atoms with Crippen LogP contribution in [0.5, 0.6) is 11.5 Å².